The Morgan fingerprint density at radius 2 is 1.93 bits per heavy atom. The number of amides is 2. The summed E-state index contributed by atoms with van der Waals surface area (Å²) in [4.78, 5) is 26.1. The molecule has 1 aliphatic heterocycles. The maximum absolute atomic E-state index is 12.8. The molecule has 0 saturated carbocycles. The van der Waals surface area contributed by atoms with Gasteiger partial charge in [0.05, 0.1) is 12.7 Å². The van der Waals surface area contributed by atoms with Crippen molar-refractivity contribution in [3.8, 4) is 5.75 Å². The minimum Gasteiger partial charge on any atom is -0.497 e. The monoisotopic (exact) mass is 392 g/mol. The molecule has 0 radical (unpaired) electrons. The molecule has 5 nitrogen and oxygen atoms in total. The molecule has 2 aromatic rings. The molecule has 8 heteroatoms. The largest absolute Gasteiger partial charge is 0.497 e. The summed E-state index contributed by atoms with van der Waals surface area (Å²) in [6.45, 7) is 0.626. The van der Waals surface area contributed by atoms with Crippen molar-refractivity contribution in [3.05, 3.63) is 59.7 Å². The fraction of sp³-hybridized carbons (Fsp3) is 0.300. The lowest BCUT2D eigenvalue weighted by atomic mass is 10.1. The molecule has 1 unspecified atom stereocenters. The number of hydrogen-bond acceptors (Lipinski definition) is 3. The van der Waals surface area contributed by atoms with Crippen molar-refractivity contribution in [1.29, 1.82) is 0 Å². The van der Waals surface area contributed by atoms with Crippen LogP contribution >= 0.6 is 0 Å². The normalized spacial score (nSPS) is 16.9. The van der Waals surface area contributed by atoms with Crippen molar-refractivity contribution in [2.45, 2.75) is 12.6 Å². The van der Waals surface area contributed by atoms with E-state index in [9.17, 15) is 22.8 Å². The number of rotatable bonds is 5. The highest BCUT2D eigenvalue weighted by Crippen LogP contribution is 2.30. The first kappa shape index (κ1) is 19.7. The zero-order valence-corrected chi connectivity index (χ0v) is 15.1. The topological polar surface area (TPSA) is 58.6 Å². The summed E-state index contributed by atoms with van der Waals surface area (Å²) < 4.78 is 43.4. The Bertz CT molecular complexity index is 866. The average molecular weight is 392 g/mol. The van der Waals surface area contributed by atoms with E-state index in [4.69, 9.17) is 4.74 Å². The molecular formula is C20H19F3N2O3. The lowest BCUT2D eigenvalue weighted by Crippen LogP contribution is -2.31. The Hall–Kier alpha value is -3.03. The van der Waals surface area contributed by atoms with Crippen molar-refractivity contribution < 1.29 is 27.5 Å². The molecule has 0 spiro atoms. The first-order valence-corrected chi connectivity index (χ1v) is 8.68. The van der Waals surface area contributed by atoms with Gasteiger partial charge in [0, 0.05) is 36.7 Å². The molecule has 2 amide bonds. The fourth-order valence-electron chi connectivity index (χ4n) is 3.11. The molecular weight excluding hydrogens is 373 g/mol. The van der Waals surface area contributed by atoms with Gasteiger partial charge in [-0.3, -0.25) is 9.59 Å². The Morgan fingerprint density at radius 1 is 1.21 bits per heavy atom. The molecule has 3 rings (SSSR count). The van der Waals surface area contributed by atoms with E-state index in [1.54, 1.807) is 36.3 Å². The summed E-state index contributed by atoms with van der Waals surface area (Å²) in [5.41, 5.74) is -0.203. The maximum atomic E-state index is 12.8. The zero-order chi connectivity index (χ0) is 20.3. The fourth-order valence-corrected chi connectivity index (χ4v) is 3.11. The van der Waals surface area contributed by atoms with Gasteiger partial charge in [-0.05, 0) is 42.5 Å². The van der Waals surface area contributed by atoms with Crippen LogP contribution in [0.25, 0.3) is 0 Å². The van der Waals surface area contributed by atoms with Crippen LogP contribution in [-0.4, -0.2) is 32.0 Å². The predicted molar refractivity (Wildman–Crippen MR) is 97.2 cm³/mol. The van der Waals surface area contributed by atoms with Gasteiger partial charge in [0.1, 0.15) is 5.75 Å². The summed E-state index contributed by atoms with van der Waals surface area (Å²) >= 11 is 0. The van der Waals surface area contributed by atoms with Gasteiger partial charge in [-0.1, -0.05) is 6.07 Å². The number of halogens is 3. The number of nitrogens with zero attached hydrogens (tertiary/aromatic N) is 1. The van der Waals surface area contributed by atoms with Gasteiger partial charge in [0.25, 0.3) is 5.91 Å². The standard InChI is InChI=1S/C20H19F3N2O3/c1-28-17-7-5-16(6-8-17)25-12-13(9-18(25)26)11-24-19(27)14-3-2-4-15(10-14)20(21,22)23/h2-8,10,13H,9,11-12H2,1H3,(H,24,27). The number of methoxy groups -OCH3 is 1. The van der Waals surface area contributed by atoms with Crippen molar-refractivity contribution in [2.75, 3.05) is 25.1 Å². The zero-order valence-electron chi connectivity index (χ0n) is 15.1. The third kappa shape index (κ3) is 4.44. The first-order chi connectivity index (χ1) is 13.3. The number of anilines is 1. The highest BCUT2D eigenvalue weighted by atomic mass is 19.4. The quantitative estimate of drug-likeness (QED) is 0.847. The predicted octanol–water partition coefficient (Wildman–Crippen LogP) is 3.50. The van der Waals surface area contributed by atoms with E-state index in [1.165, 1.54) is 12.1 Å². The van der Waals surface area contributed by atoms with Crippen LogP contribution in [0.5, 0.6) is 5.75 Å². The van der Waals surface area contributed by atoms with E-state index in [-0.39, 0.29) is 30.4 Å². The smallest absolute Gasteiger partial charge is 0.416 e. The van der Waals surface area contributed by atoms with Crippen LogP contribution in [0.4, 0.5) is 18.9 Å². The Balaban J connectivity index is 1.59. The van der Waals surface area contributed by atoms with Crippen molar-refractivity contribution in [1.82, 2.24) is 5.32 Å². The highest BCUT2D eigenvalue weighted by Gasteiger charge is 2.32. The van der Waals surface area contributed by atoms with Gasteiger partial charge < -0.3 is 15.0 Å². The first-order valence-electron chi connectivity index (χ1n) is 8.68. The third-order valence-electron chi connectivity index (χ3n) is 4.59. The van der Waals surface area contributed by atoms with E-state index in [1.807, 2.05) is 0 Å². The molecule has 1 saturated heterocycles. The Labute approximate surface area is 160 Å². The molecule has 1 aliphatic rings. The van der Waals surface area contributed by atoms with E-state index < -0.39 is 17.6 Å². The molecule has 1 atom stereocenters. The molecule has 1 N–H and O–H groups in total. The third-order valence-corrected chi connectivity index (χ3v) is 4.59. The SMILES string of the molecule is COc1ccc(N2CC(CNC(=O)c3cccc(C(F)(F)F)c3)CC2=O)cc1. The highest BCUT2D eigenvalue weighted by molar-refractivity contribution is 5.96. The van der Waals surface area contributed by atoms with E-state index in [0.717, 1.165) is 17.8 Å². The maximum Gasteiger partial charge on any atom is 0.416 e. The molecule has 28 heavy (non-hydrogen) atoms. The summed E-state index contributed by atoms with van der Waals surface area (Å²) in [6.07, 6.45) is -4.25. The summed E-state index contributed by atoms with van der Waals surface area (Å²) in [5.74, 6) is -0.102. The van der Waals surface area contributed by atoms with Crippen LogP contribution in [0.2, 0.25) is 0 Å². The lowest BCUT2D eigenvalue weighted by Gasteiger charge is -2.17. The Morgan fingerprint density at radius 3 is 2.57 bits per heavy atom. The number of carbonyl (C=O) groups is 2. The number of carbonyl (C=O) groups excluding carboxylic acids is 2. The van der Waals surface area contributed by atoms with Crippen LogP contribution in [0, 0.1) is 5.92 Å². The number of benzene rings is 2. The van der Waals surface area contributed by atoms with Gasteiger partial charge in [-0.15, -0.1) is 0 Å². The molecule has 2 aromatic carbocycles. The van der Waals surface area contributed by atoms with Gasteiger partial charge >= 0.3 is 6.18 Å². The van der Waals surface area contributed by atoms with Crippen molar-refractivity contribution >= 4 is 17.5 Å². The van der Waals surface area contributed by atoms with Crippen LogP contribution in [0.1, 0.15) is 22.3 Å². The molecule has 1 fully saturated rings. The van der Waals surface area contributed by atoms with Gasteiger partial charge in [0.15, 0.2) is 0 Å². The number of alkyl halides is 3. The summed E-state index contributed by atoms with van der Waals surface area (Å²) in [7, 11) is 1.55. The summed E-state index contributed by atoms with van der Waals surface area (Å²) in [5, 5.41) is 2.63. The lowest BCUT2D eigenvalue weighted by molar-refractivity contribution is -0.137. The minimum atomic E-state index is -4.51. The van der Waals surface area contributed by atoms with Gasteiger partial charge in [-0.2, -0.15) is 13.2 Å². The number of hydrogen-bond donors (Lipinski definition) is 1. The van der Waals surface area contributed by atoms with E-state index >= 15 is 0 Å². The molecule has 0 aliphatic carbocycles. The van der Waals surface area contributed by atoms with Crippen molar-refractivity contribution in [2.24, 2.45) is 5.92 Å². The van der Waals surface area contributed by atoms with Gasteiger partial charge in [-0.25, -0.2) is 0 Å². The van der Waals surface area contributed by atoms with E-state index in [0.29, 0.717) is 12.3 Å². The molecule has 0 bridgehead atoms. The van der Waals surface area contributed by atoms with Crippen LogP contribution in [0.3, 0.4) is 0 Å². The van der Waals surface area contributed by atoms with Gasteiger partial charge in [0.2, 0.25) is 5.91 Å². The second-order valence-corrected chi connectivity index (χ2v) is 6.56. The van der Waals surface area contributed by atoms with E-state index in [2.05, 4.69) is 5.32 Å². The molecule has 1 heterocycles. The second kappa shape index (κ2) is 7.92. The van der Waals surface area contributed by atoms with Crippen LogP contribution in [-0.2, 0) is 11.0 Å². The van der Waals surface area contributed by atoms with Crippen molar-refractivity contribution in [3.63, 3.8) is 0 Å². The molecule has 148 valence electrons. The minimum absolute atomic E-state index is 0.0637. The second-order valence-electron chi connectivity index (χ2n) is 6.56. The number of ether oxygens (including phenoxy) is 1. The van der Waals surface area contributed by atoms with Crippen LogP contribution < -0.4 is 15.0 Å². The average Bonchev–Trinajstić information content (AvgIpc) is 3.06. The number of nitrogens with one attached hydrogen (secondary N) is 1. The Kier molecular flexibility index (Phi) is 5.58. The summed E-state index contributed by atoms with van der Waals surface area (Å²) in [6, 6.07) is 11.3. The molecule has 0 aromatic heterocycles. The van der Waals surface area contributed by atoms with Crippen LogP contribution in [0.15, 0.2) is 48.5 Å².